The second-order valence-electron chi connectivity index (χ2n) is 4.60. The van der Waals surface area contributed by atoms with Gasteiger partial charge in [-0.1, -0.05) is 13.3 Å². The topological polar surface area (TPSA) is 21.3 Å². The van der Waals surface area contributed by atoms with E-state index in [1.807, 2.05) is 0 Å². The first kappa shape index (κ1) is 12.8. The third-order valence-corrected chi connectivity index (χ3v) is 2.52. The van der Waals surface area contributed by atoms with Gasteiger partial charge in [-0.25, -0.2) is 4.39 Å². The first-order chi connectivity index (χ1) is 7.48. The summed E-state index contributed by atoms with van der Waals surface area (Å²) in [5.41, 5.74) is 0.434. The molecule has 90 valence electrons. The molecule has 0 unspecified atom stereocenters. The van der Waals surface area contributed by atoms with Crippen molar-refractivity contribution in [3.63, 3.8) is 0 Å². The number of halogens is 1. The lowest BCUT2D eigenvalue weighted by molar-refractivity contribution is 0.411. The molecule has 0 heterocycles. The molecule has 16 heavy (non-hydrogen) atoms. The molecule has 0 bridgehead atoms. The largest absolute Gasteiger partial charge is 0.497 e. The minimum atomic E-state index is -0.275. The Hall–Kier alpha value is -1.25. The molecule has 3 heteroatoms. The molecule has 1 aromatic rings. The molecule has 0 spiro atoms. The summed E-state index contributed by atoms with van der Waals surface area (Å²) < 4.78 is 18.6. The van der Waals surface area contributed by atoms with Crippen LogP contribution in [-0.2, 0) is 0 Å². The minimum absolute atomic E-state index is 0.0931. The van der Waals surface area contributed by atoms with Crippen LogP contribution < -0.4 is 10.1 Å². The summed E-state index contributed by atoms with van der Waals surface area (Å²) in [5, 5.41) is 3.21. The summed E-state index contributed by atoms with van der Waals surface area (Å²) in [6.07, 6.45) is 2.07. The van der Waals surface area contributed by atoms with Gasteiger partial charge in [-0.3, -0.25) is 0 Å². The monoisotopic (exact) mass is 225 g/mol. The predicted octanol–water partition coefficient (Wildman–Crippen LogP) is 3.82. The Balaban J connectivity index is 2.81. The van der Waals surface area contributed by atoms with Crippen LogP contribution in [0, 0.1) is 5.82 Å². The van der Waals surface area contributed by atoms with Crippen LogP contribution in [0.2, 0.25) is 0 Å². The number of ether oxygens (including phenoxy) is 1. The minimum Gasteiger partial charge on any atom is -0.497 e. The molecule has 0 saturated heterocycles. The van der Waals surface area contributed by atoms with Crippen molar-refractivity contribution in [2.24, 2.45) is 0 Å². The van der Waals surface area contributed by atoms with Crippen molar-refractivity contribution in [2.45, 2.75) is 39.2 Å². The quantitative estimate of drug-likeness (QED) is 0.822. The summed E-state index contributed by atoms with van der Waals surface area (Å²) in [6.45, 7) is 6.26. The van der Waals surface area contributed by atoms with Crippen molar-refractivity contribution < 1.29 is 9.13 Å². The van der Waals surface area contributed by atoms with Crippen LogP contribution >= 0.6 is 0 Å². The smallest absolute Gasteiger partial charge is 0.149 e. The third-order valence-electron chi connectivity index (χ3n) is 2.52. The van der Waals surface area contributed by atoms with E-state index in [4.69, 9.17) is 4.74 Å². The normalized spacial score (nSPS) is 11.3. The lowest BCUT2D eigenvalue weighted by Crippen LogP contribution is -2.30. The Kier molecular flexibility index (Phi) is 4.16. The van der Waals surface area contributed by atoms with E-state index in [2.05, 4.69) is 26.1 Å². The second-order valence-corrected chi connectivity index (χ2v) is 4.60. The summed E-state index contributed by atoms with van der Waals surface area (Å²) >= 11 is 0. The molecule has 0 atom stereocenters. The highest BCUT2D eigenvalue weighted by Gasteiger charge is 2.17. The fraction of sp³-hybridized carbons (Fsp3) is 0.538. The molecule has 0 saturated carbocycles. The number of hydrogen-bond donors (Lipinski definition) is 1. The van der Waals surface area contributed by atoms with E-state index in [1.165, 1.54) is 13.2 Å². The molecule has 0 aliphatic heterocycles. The molecule has 1 aromatic carbocycles. The fourth-order valence-corrected chi connectivity index (χ4v) is 1.78. The fourth-order valence-electron chi connectivity index (χ4n) is 1.78. The van der Waals surface area contributed by atoms with Gasteiger partial charge in [-0.05, 0) is 32.4 Å². The summed E-state index contributed by atoms with van der Waals surface area (Å²) in [7, 11) is 1.53. The zero-order valence-electron chi connectivity index (χ0n) is 10.4. The third kappa shape index (κ3) is 3.40. The molecule has 2 nitrogen and oxygen atoms in total. The molecule has 1 N–H and O–H groups in total. The van der Waals surface area contributed by atoms with Crippen LogP contribution in [0.1, 0.15) is 33.6 Å². The Labute approximate surface area is 96.8 Å². The van der Waals surface area contributed by atoms with Gasteiger partial charge in [0.1, 0.15) is 11.6 Å². The van der Waals surface area contributed by atoms with Gasteiger partial charge >= 0.3 is 0 Å². The van der Waals surface area contributed by atoms with Crippen molar-refractivity contribution >= 4 is 5.69 Å². The number of anilines is 1. The van der Waals surface area contributed by atoms with Crippen molar-refractivity contribution in [1.82, 2.24) is 0 Å². The van der Waals surface area contributed by atoms with Gasteiger partial charge in [0.25, 0.3) is 0 Å². The number of methoxy groups -OCH3 is 1. The zero-order valence-corrected chi connectivity index (χ0v) is 10.4. The standard InChI is InChI=1S/C13H20FNO/c1-5-8-13(2,3)15-12-7-6-10(16-4)9-11(12)14/h6-7,9,15H,5,8H2,1-4H3. The lowest BCUT2D eigenvalue weighted by atomic mass is 9.98. The lowest BCUT2D eigenvalue weighted by Gasteiger charge is -2.27. The van der Waals surface area contributed by atoms with Gasteiger partial charge in [0.15, 0.2) is 0 Å². The van der Waals surface area contributed by atoms with Gasteiger partial charge in [0, 0.05) is 11.6 Å². The van der Waals surface area contributed by atoms with Crippen molar-refractivity contribution in [2.75, 3.05) is 12.4 Å². The average molecular weight is 225 g/mol. The molecule has 0 fully saturated rings. The Morgan fingerprint density at radius 1 is 1.38 bits per heavy atom. The molecule has 0 aliphatic rings. The number of nitrogens with one attached hydrogen (secondary N) is 1. The van der Waals surface area contributed by atoms with Gasteiger partial charge in [-0.2, -0.15) is 0 Å². The second kappa shape index (κ2) is 5.19. The molecule has 0 aromatic heterocycles. The maximum Gasteiger partial charge on any atom is 0.149 e. The van der Waals surface area contributed by atoms with Gasteiger partial charge in [-0.15, -0.1) is 0 Å². The first-order valence-electron chi connectivity index (χ1n) is 5.60. The van der Waals surface area contributed by atoms with Crippen LogP contribution in [0.25, 0.3) is 0 Å². The van der Waals surface area contributed by atoms with E-state index in [0.717, 1.165) is 12.8 Å². The highest BCUT2D eigenvalue weighted by Crippen LogP contribution is 2.25. The van der Waals surface area contributed by atoms with Crippen LogP contribution in [0.15, 0.2) is 18.2 Å². The summed E-state index contributed by atoms with van der Waals surface area (Å²) in [6, 6.07) is 4.86. The Bertz CT molecular complexity index is 350. The van der Waals surface area contributed by atoms with Crippen LogP contribution in [0.4, 0.5) is 10.1 Å². The van der Waals surface area contributed by atoms with Crippen molar-refractivity contribution in [3.8, 4) is 5.75 Å². The average Bonchev–Trinajstić information content (AvgIpc) is 2.20. The van der Waals surface area contributed by atoms with Crippen LogP contribution in [0.3, 0.4) is 0 Å². The van der Waals surface area contributed by atoms with Gasteiger partial charge in [0.2, 0.25) is 0 Å². The Morgan fingerprint density at radius 2 is 2.06 bits per heavy atom. The van der Waals surface area contributed by atoms with Crippen LogP contribution in [0.5, 0.6) is 5.75 Å². The highest BCUT2D eigenvalue weighted by atomic mass is 19.1. The predicted molar refractivity (Wildman–Crippen MR) is 65.6 cm³/mol. The van der Waals surface area contributed by atoms with Gasteiger partial charge in [0.05, 0.1) is 12.8 Å². The number of hydrogen-bond acceptors (Lipinski definition) is 2. The number of benzene rings is 1. The highest BCUT2D eigenvalue weighted by molar-refractivity contribution is 5.49. The maximum atomic E-state index is 13.7. The van der Waals surface area contributed by atoms with E-state index in [-0.39, 0.29) is 11.4 Å². The van der Waals surface area contributed by atoms with E-state index in [9.17, 15) is 4.39 Å². The zero-order chi connectivity index (χ0) is 12.2. The molecule has 1 rings (SSSR count). The Morgan fingerprint density at radius 3 is 2.56 bits per heavy atom. The maximum absolute atomic E-state index is 13.7. The molecule has 0 radical (unpaired) electrons. The molecule has 0 amide bonds. The number of rotatable bonds is 5. The summed E-state index contributed by atoms with van der Waals surface area (Å²) in [5.74, 6) is 0.264. The van der Waals surface area contributed by atoms with E-state index < -0.39 is 0 Å². The SMILES string of the molecule is CCCC(C)(C)Nc1ccc(OC)cc1F. The van der Waals surface area contributed by atoms with Crippen molar-refractivity contribution in [3.05, 3.63) is 24.0 Å². The van der Waals surface area contributed by atoms with Crippen LogP contribution in [-0.4, -0.2) is 12.6 Å². The van der Waals surface area contributed by atoms with E-state index in [0.29, 0.717) is 11.4 Å². The van der Waals surface area contributed by atoms with E-state index >= 15 is 0 Å². The van der Waals surface area contributed by atoms with Gasteiger partial charge < -0.3 is 10.1 Å². The molecular formula is C13H20FNO. The van der Waals surface area contributed by atoms with E-state index in [1.54, 1.807) is 12.1 Å². The summed E-state index contributed by atoms with van der Waals surface area (Å²) in [4.78, 5) is 0. The van der Waals surface area contributed by atoms with Crippen molar-refractivity contribution in [1.29, 1.82) is 0 Å². The molecule has 0 aliphatic carbocycles. The first-order valence-corrected chi connectivity index (χ1v) is 5.60. The molecular weight excluding hydrogens is 205 g/mol.